The average molecular weight is 566 g/mol. The van der Waals surface area contributed by atoms with Crippen molar-refractivity contribution in [2.45, 2.75) is 13.0 Å². The van der Waals surface area contributed by atoms with Gasteiger partial charge in [0, 0.05) is 46.8 Å². The van der Waals surface area contributed by atoms with Gasteiger partial charge in [-0.2, -0.15) is 8.78 Å². The second-order valence-corrected chi connectivity index (χ2v) is 8.17. The van der Waals surface area contributed by atoms with Gasteiger partial charge in [0.1, 0.15) is 17.4 Å². The molecule has 3 aromatic carbocycles. The molecule has 3 nitrogen and oxygen atoms in total. The fourth-order valence-electron chi connectivity index (χ4n) is 3.56. The summed E-state index contributed by atoms with van der Waals surface area (Å²) >= 11 is 0. The molecule has 4 rings (SSSR count). The number of allylic oxidation sites excluding steroid dienone is 3. The van der Waals surface area contributed by atoms with Gasteiger partial charge in [-0.1, -0.05) is 30.3 Å². The number of ether oxygens (including phenoxy) is 1. The Morgan fingerprint density at radius 2 is 1.32 bits per heavy atom. The van der Waals surface area contributed by atoms with Gasteiger partial charge in [-0.15, -0.1) is 0 Å². The topological polar surface area (TPSA) is 35.0 Å². The Labute approximate surface area is 220 Å². The van der Waals surface area contributed by atoms with Gasteiger partial charge in [0.15, 0.2) is 29.1 Å². The third kappa shape index (κ3) is 5.85. The van der Waals surface area contributed by atoms with Gasteiger partial charge in [-0.25, -0.2) is 40.7 Å². The summed E-state index contributed by atoms with van der Waals surface area (Å²) < 4.78 is 130. The molecule has 0 unspecified atom stereocenters. The van der Waals surface area contributed by atoms with Gasteiger partial charge in [-0.05, 0) is 30.7 Å². The summed E-state index contributed by atoms with van der Waals surface area (Å²) in [6.45, 7) is 1.47. The van der Waals surface area contributed by atoms with Crippen LogP contribution in [0.4, 0.5) is 39.5 Å². The molecule has 0 amide bonds. The minimum atomic E-state index is -4.30. The van der Waals surface area contributed by atoms with E-state index in [0.29, 0.717) is 0 Å². The highest BCUT2D eigenvalue weighted by atomic mass is 19.3. The first-order valence-corrected chi connectivity index (χ1v) is 11.2. The van der Waals surface area contributed by atoms with Crippen molar-refractivity contribution in [1.82, 2.24) is 9.97 Å². The second-order valence-electron chi connectivity index (χ2n) is 8.17. The van der Waals surface area contributed by atoms with Crippen LogP contribution in [0.1, 0.15) is 18.3 Å². The number of benzene rings is 3. The Morgan fingerprint density at radius 1 is 0.750 bits per heavy atom. The Morgan fingerprint density at radius 3 is 1.90 bits per heavy atom. The third-order valence-corrected chi connectivity index (χ3v) is 5.45. The summed E-state index contributed by atoms with van der Waals surface area (Å²) in [6.07, 6.45) is -0.514. The number of alkyl halides is 2. The van der Waals surface area contributed by atoms with Gasteiger partial charge in [0.25, 0.3) is 0 Å². The summed E-state index contributed by atoms with van der Waals surface area (Å²) in [5.74, 6) is -12.0. The smallest absolute Gasteiger partial charge is 0.426 e. The van der Waals surface area contributed by atoms with Crippen LogP contribution in [0.3, 0.4) is 0 Å². The Hall–Kier alpha value is -4.61. The Balaban J connectivity index is 1.57. The van der Waals surface area contributed by atoms with E-state index in [4.69, 9.17) is 0 Å². The maximum absolute atomic E-state index is 14.9. The lowest BCUT2D eigenvalue weighted by atomic mass is 9.99. The lowest BCUT2D eigenvalue weighted by Gasteiger charge is -2.17. The molecule has 12 heteroatoms. The minimum absolute atomic E-state index is 0.0415. The van der Waals surface area contributed by atoms with Gasteiger partial charge >= 0.3 is 6.11 Å². The zero-order valence-electron chi connectivity index (χ0n) is 20.1. The molecule has 0 aliphatic heterocycles. The number of rotatable bonds is 7. The van der Waals surface area contributed by atoms with Crippen LogP contribution >= 0.6 is 0 Å². The molecule has 1 heterocycles. The lowest BCUT2D eigenvalue weighted by molar-refractivity contribution is -0.192. The monoisotopic (exact) mass is 566 g/mol. The summed E-state index contributed by atoms with van der Waals surface area (Å²) in [5.41, 5.74) is -0.654. The molecule has 0 aliphatic rings. The minimum Gasteiger partial charge on any atom is -0.426 e. The van der Waals surface area contributed by atoms with Crippen LogP contribution in [0.5, 0.6) is 5.75 Å². The normalized spacial score (nSPS) is 12.6. The summed E-state index contributed by atoms with van der Waals surface area (Å²) in [5, 5.41) is 0. The quantitative estimate of drug-likeness (QED) is 0.127. The number of hydrogen-bond donors (Lipinski definition) is 0. The van der Waals surface area contributed by atoms with Crippen molar-refractivity contribution in [2.24, 2.45) is 0 Å². The molecule has 0 fully saturated rings. The molecule has 0 radical (unpaired) electrons. The van der Waals surface area contributed by atoms with E-state index >= 15 is 0 Å². The second kappa shape index (κ2) is 11.2. The van der Waals surface area contributed by atoms with E-state index < -0.39 is 58.4 Å². The van der Waals surface area contributed by atoms with Crippen molar-refractivity contribution in [1.29, 1.82) is 0 Å². The first kappa shape index (κ1) is 28.4. The van der Waals surface area contributed by atoms with E-state index in [1.165, 1.54) is 25.1 Å². The maximum atomic E-state index is 14.9. The maximum Gasteiger partial charge on any atom is 0.462 e. The van der Waals surface area contributed by atoms with E-state index in [2.05, 4.69) is 14.7 Å². The molecule has 0 atom stereocenters. The standard InChI is InChI=1S/C28H15F9N2O/c1-2-3-20(29)25(34)15-5-7-18(22(31)9-15)14-4-6-19(21(30)8-14)16-12-38-27(39-13-16)28(36,37)40-17-10-23(32)26(35)24(33)11-17/h2-13H,1H3/b3-2+,25-20+. The molecule has 4 aromatic rings. The van der Waals surface area contributed by atoms with Gasteiger partial charge in [0.2, 0.25) is 5.82 Å². The molecule has 0 spiro atoms. The number of hydrogen-bond acceptors (Lipinski definition) is 3. The molecule has 40 heavy (non-hydrogen) atoms. The molecule has 0 saturated carbocycles. The van der Waals surface area contributed by atoms with E-state index in [9.17, 15) is 39.5 Å². The SMILES string of the molecule is C/C=C/C(F)=C(\F)c1ccc(-c2ccc(-c3cnc(C(F)(F)Oc4cc(F)c(F)c(F)c4)nc3)c(F)c2)c(F)c1. The van der Waals surface area contributed by atoms with E-state index in [-0.39, 0.29) is 39.9 Å². The number of nitrogens with zero attached hydrogens (tertiary/aromatic N) is 2. The number of halogens is 9. The van der Waals surface area contributed by atoms with Gasteiger partial charge in [-0.3, -0.25) is 0 Å². The molecule has 0 bridgehead atoms. The largest absolute Gasteiger partial charge is 0.462 e. The van der Waals surface area contributed by atoms with Crippen molar-refractivity contribution in [3.8, 4) is 28.0 Å². The van der Waals surface area contributed by atoms with E-state index in [1.807, 2.05) is 0 Å². The van der Waals surface area contributed by atoms with Crippen LogP contribution in [0.15, 0.2) is 78.9 Å². The number of aromatic nitrogens is 2. The highest BCUT2D eigenvalue weighted by Crippen LogP contribution is 2.34. The summed E-state index contributed by atoms with van der Waals surface area (Å²) in [7, 11) is 0. The van der Waals surface area contributed by atoms with Crippen LogP contribution in [-0.2, 0) is 6.11 Å². The van der Waals surface area contributed by atoms with Gasteiger partial charge in [0.05, 0.1) is 0 Å². The lowest BCUT2D eigenvalue weighted by Crippen LogP contribution is -2.25. The Kier molecular flexibility index (Phi) is 7.98. The van der Waals surface area contributed by atoms with Crippen molar-refractivity contribution < 1.29 is 44.3 Å². The van der Waals surface area contributed by atoms with Crippen molar-refractivity contribution >= 4 is 5.83 Å². The zero-order valence-corrected chi connectivity index (χ0v) is 20.1. The van der Waals surface area contributed by atoms with Crippen LogP contribution < -0.4 is 4.74 Å². The third-order valence-electron chi connectivity index (χ3n) is 5.45. The van der Waals surface area contributed by atoms with Crippen LogP contribution in [0.2, 0.25) is 0 Å². The molecule has 0 saturated heterocycles. The van der Waals surface area contributed by atoms with Crippen LogP contribution in [-0.4, -0.2) is 9.97 Å². The molecule has 0 aliphatic carbocycles. The first-order chi connectivity index (χ1) is 18.9. The van der Waals surface area contributed by atoms with Crippen molar-refractivity contribution in [2.75, 3.05) is 0 Å². The highest BCUT2D eigenvalue weighted by Gasteiger charge is 2.39. The average Bonchev–Trinajstić information content (AvgIpc) is 2.91. The van der Waals surface area contributed by atoms with Crippen LogP contribution in [0, 0.1) is 29.1 Å². The first-order valence-electron chi connectivity index (χ1n) is 11.2. The van der Waals surface area contributed by atoms with Gasteiger partial charge < -0.3 is 4.74 Å². The molecule has 1 aromatic heterocycles. The summed E-state index contributed by atoms with van der Waals surface area (Å²) in [4.78, 5) is 6.85. The fraction of sp³-hybridized carbons (Fsp3) is 0.0714. The fourth-order valence-corrected chi connectivity index (χ4v) is 3.56. The molecule has 206 valence electrons. The predicted octanol–water partition coefficient (Wildman–Crippen LogP) is 8.82. The molecular formula is C28H15F9N2O. The van der Waals surface area contributed by atoms with Crippen molar-refractivity contribution in [3.63, 3.8) is 0 Å². The molecular weight excluding hydrogens is 551 g/mol. The van der Waals surface area contributed by atoms with E-state index in [1.54, 1.807) is 0 Å². The van der Waals surface area contributed by atoms with Crippen molar-refractivity contribution in [3.05, 3.63) is 119 Å². The van der Waals surface area contributed by atoms with Crippen LogP contribution in [0.25, 0.3) is 28.1 Å². The highest BCUT2D eigenvalue weighted by molar-refractivity contribution is 5.73. The summed E-state index contributed by atoms with van der Waals surface area (Å²) in [6, 6.07) is 6.86. The Bertz CT molecular complexity index is 1610. The van der Waals surface area contributed by atoms with E-state index in [0.717, 1.165) is 42.7 Å². The molecule has 0 N–H and O–H groups in total. The zero-order chi connectivity index (χ0) is 29.2. The predicted molar refractivity (Wildman–Crippen MR) is 128 cm³/mol.